The van der Waals surface area contributed by atoms with Crippen molar-refractivity contribution in [3.63, 3.8) is 0 Å². The van der Waals surface area contributed by atoms with E-state index in [-0.39, 0.29) is 6.61 Å². The van der Waals surface area contributed by atoms with Crippen molar-refractivity contribution in [2.24, 2.45) is 0 Å². The van der Waals surface area contributed by atoms with Crippen LogP contribution in [0.3, 0.4) is 0 Å². The zero-order valence-corrected chi connectivity index (χ0v) is 11.4. The number of hydrogen-bond donors (Lipinski definition) is 1. The third kappa shape index (κ3) is 2.09. The first kappa shape index (κ1) is 11.2. The molecule has 0 saturated carbocycles. The monoisotopic (exact) mass is 278 g/mol. The van der Waals surface area contributed by atoms with Gasteiger partial charge < -0.3 is 5.11 Å². The van der Waals surface area contributed by atoms with Crippen molar-refractivity contribution in [3.05, 3.63) is 46.0 Å². The maximum Gasteiger partial charge on any atom is 0.0690 e. The SMILES string of the molecule is OCc1csc(-c2sccc2-c2cccs2)c1. The smallest absolute Gasteiger partial charge is 0.0690 e. The highest BCUT2D eigenvalue weighted by Crippen LogP contribution is 2.41. The number of aliphatic hydroxyl groups excluding tert-OH is 1. The van der Waals surface area contributed by atoms with E-state index in [4.69, 9.17) is 5.11 Å². The minimum atomic E-state index is 0.121. The quantitative estimate of drug-likeness (QED) is 0.736. The Hall–Kier alpha value is -0.940. The van der Waals surface area contributed by atoms with Crippen molar-refractivity contribution in [2.45, 2.75) is 6.61 Å². The first-order valence-corrected chi connectivity index (χ1v) is 7.82. The molecular formula is C13H10OS3. The van der Waals surface area contributed by atoms with Crippen LogP contribution < -0.4 is 0 Å². The van der Waals surface area contributed by atoms with E-state index in [1.165, 1.54) is 20.2 Å². The molecule has 0 fully saturated rings. The molecule has 1 nitrogen and oxygen atoms in total. The van der Waals surface area contributed by atoms with Gasteiger partial charge in [0.2, 0.25) is 0 Å². The van der Waals surface area contributed by atoms with Crippen LogP contribution in [0.2, 0.25) is 0 Å². The lowest BCUT2D eigenvalue weighted by Crippen LogP contribution is -1.75. The van der Waals surface area contributed by atoms with Gasteiger partial charge in [-0.05, 0) is 39.9 Å². The molecule has 3 aromatic heterocycles. The van der Waals surface area contributed by atoms with Gasteiger partial charge >= 0.3 is 0 Å². The summed E-state index contributed by atoms with van der Waals surface area (Å²) in [5.74, 6) is 0. The van der Waals surface area contributed by atoms with E-state index in [9.17, 15) is 0 Å². The van der Waals surface area contributed by atoms with Gasteiger partial charge in [-0.2, -0.15) is 0 Å². The van der Waals surface area contributed by atoms with E-state index in [0.29, 0.717) is 0 Å². The van der Waals surface area contributed by atoms with Crippen molar-refractivity contribution < 1.29 is 5.11 Å². The van der Waals surface area contributed by atoms with E-state index in [1.54, 1.807) is 34.0 Å². The molecule has 86 valence electrons. The van der Waals surface area contributed by atoms with Gasteiger partial charge in [-0.1, -0.05) is 6.07 Å². The lowest BCUT2D eigenvalue weighted by Gasteiger charge is -1.98. The van der Waals surface area contributed by atoms with Gasteiger partial charge in [0, 0.05) is 15.3 Å². The summed E-state index contributed by atoms with van der Waals surface area (Å²) >= 11 is 5.22. The summed E-state index contributed by atoms with van der Waals surface area (Å²) < 4.78 is 0. The minimum Gasteiger partial charge on any atom is -0.392 e. The molecule has 0 spiro atoms. The van der Waals surface area contributed by atoms with Crippen LogP contribution in [0.1, 0.15) is 5.56 Å². The summed E-state index contributed by atoms with van der Waals surface area (Å²) in [5.41, 5.74) is 2.30. The molecule has 4 heteroatoms. The lowest BCUT2D eigenvalue weighted by molar-refractivity contribution is 0.282. The zero-order chi connectivity index (χ0) is 11.7. The van der Waals surface area contributed by atoms with Gasteiger partial charge in [0.1, 0.15) is 0 Å². The van der Waals surface area contributed by atoms with Gasteiger partial charge in [0.25, 0.3) is 0 Å². The molecule has 0 unspecified atom stereocenters. The number of aliphatic hydroxyl groups is 1. The molecule has 0 bridgehead atoms. The standard InChI is InChI=1S/C13H10OS3/c14-7-9-6-12(17-8-9)13-10(3-5-16-13)11-2-1-4-15-11/h1-6,8,14H,7H2. The molecule has 0 saturated heterocycles. The van der Waals surface area contributed by atoms with Crippen molar-refractivity contribution in [1.82, 2.24) is 0 Å². The maximum absolute atomic E-state index is 9.11. The second kappa shape index (κ2) is 4.74. The molecule has 0 aliphatic carbocycles. The van der Waals surface area contributed by atoms with Gasteiger partial charge in [0.05, 0.1) is 11.5 Å². The first-order valence-electron chi connectivity index (χ1n) is 5.18. The molecule has 17 heavy (non-hydrogen) atoms. The van der Waals surface area contributed by atoms with Gasteiger partial charge in [-0.15, -0.1) is 34.0 Å². The fourth-order valence-corrected chi connectivity index (χ4v) is 4.49. The molecular weight excluding hydrogens is 268 g/mol. The van der Waals surface area contributed by atoms with Crippen molar-refractivity contribution in [1.29, 1.82) is 0 Å². The molecule has 3 rings (SSSR count). The highest BCUT2D eigenvalue weighted by Gasteiger charge is 2.11. The van der Waals surface area contributed by atoms with Crippen LogP contribution >= 0.6 is 34.0 Å². The third-order valence-corrected chi connectivity index (χ3v) is 5.49. The van der Waals surface area contributed by atoms with Crippen molar-refractivity contribution >= 4 is 34.0 Å². The molecule has 0 aliphatic rings. The Labute approximate surface area is 112 Å². The molecule has 0 radical (unpaired) electrons. The molecule has 0 aromatic carbocycles. The number of hydrogen-bond acceptors (Lipinski definition) is 4. The summed E-state index contributed by atoms with van der Waals surface area (Å²) in [5, 5.41) is 15.4. The van der Waals surface area contributed by atoms with Gasteiger partial charge in [-0.3, -0.25) is 0 Å². The topological polar surface area (TPSA) is 20.2 Å². The molecule has 0 atom stereocenters. The fraction of sp³-hybridized carbons (Fsp3) is 0.0769. The van der Waals surface area contributed by atoms with E-state index in [1.807, 2.05) is 5.38 Å². The summed E-state index contributed by atoms with van der Waals surface area (Å²) in [4.78, 5) is 3.85. The normalized spacial score (nSPS) is 10.9. The van der Waals surface area contributed by atoms with Crippen LogP contribution in [0.4, 0.5) is 0 Å². The number of rotatable bonds is 3. The second-order valence-corrected chi connectivity index (χ2v) is 6.39. The Morgan fingerprint density at radius 1 is 1.00 bits per heavy atom. The lowest BCUT2D eigenvalue weighted by atomic mass is 10.2. The Balaban J connectivity index is 2.07. The summed E-state index contributed by atoms with van der Waals surface area (Å²) in [6.45, 7) is 0.121. The van der Waals surface area contributed by atoms with Crippen molar-refractivity contribution in [2.75, 3.05) is 0 Å². The Bertz CT molecular complexity index is 604. The first-order chi connectivity index (χ1) is 8.38. The van der Waals surface area contributed by atoms with Crippen molar-refractivity contribution in [3.8, 4) is 20.2 Å². The predicted molar refractivity (Wildman–Crippen MR) is 76.9 cm³/mol. The van der Waals surface area contributed by atoms with Crippen LogP contribution in [0.5, 0.6) is 0 Å². The van der Waals surface area contributed by atoms with E-state index in [0.717, 1.165) is 5.56 Å². The summed E-state index contributed by atoms with van der Waals surface area (Å²) in [6.07, 6.45) is 0. The van der Waals surface area contributed by atoms with Crippen LogP contribution in [-0.2, 0) is 6.61 Å². The van der Waals surface area contributed by atoms with E-state index in [2.05, 4.69) is 35.0 Å². The predicted octanol–water partition coefficient (Wildman–Crippen LogP) is 4.70. The minimum absolute atomic E-state index is 0.121. The second-order valence-electron chi connectivity index (χ2n) is 3.62. The van der Waals surface area contributed by atoms with Crippen LogP contribution in [0.15, 0.2) is 40.4 Å². The maximum atomic E-state index is 9.11. The largest absolute Gasteiger partial charge is 0.392 e. The van der Waals surface area contributed by atoms with Crippen LogP contribution in [0, 0.1) is 0 Å². The Morgan fingerprint density at radius 2 is 1.94 bits per heavy atom. The Morgan fingerprint density at radius 3 is 2.65 bits per heavy atom. The fourth-order valence-electron chi connectivity index (χ4n) is 1.70. The van der Waals surface area contributed by atoms with Crippen LogP contribution in [-0.4, -0.2) is 5.11 Å². The Kier molecular flexibility index (Phi) is 3.11. The molecule has 3 heterocycles. The van der Waals surface area contributed by atoms with Gasteiger partial charge in [-0.25, -0.2) is 0 Å². The van der Waals surface area contributed by atoms with Crippen LogP contribution in [0.25, 0.3) is 20.2 Å². The van der Waals surface area contributed by atoms with E-state index >= 15 is 0 Å². The highest BCUT2D eigenvalue weighted by atomic mass is 32.1. The summed E-state index contributed by atoms with van der Waals surface area (Å²) in [6, 6.07) is 8.48. The average Bonchev–Trinajstić information content (AvgIpc) is 3.09. The average molecular weight is 278 g/mol. The third-order valence-electron chi connectivity index (χ3n) is 2.51. The molecule has 1 N–H and O–H groups in total. The highest BCUT2D eigenvalue weighted by molar-refractivity contribution is 7.21. The van der Waals surface area contributed by atoms with E-state index < -0.39 is 0 Å². The summed E-state index contributed by atoms with van der Waals surface area (Å²) in [7, 11) is 0. The molecule has 0 aliphatic heterocycles. The molecule has 0 amide bonds. The zero-order valence-electron chi connectivity index (χ0n) is 8.92. The number of thiophene rings is 3. The molecule has 3 aromatic rings. The van der Waals surface area contributed by atoms with Gasteiger partial charge in [0.15, 0.2) is 0 Å².